The molecule has 3 heterocycles. The maximum Gasteiger partial charge on any atom is 0.151 e. The molecule has 1 N–H and O–H groups in total. The molecule has 1 saturated carbocycles. The van der Waals surface area contributed by atoms with Crippen LogP contribution < -0.4 is 5.32 Å². The third-order valence-corrected chi connectivity index (χ3v) is 6.12. The van der Waals surface area contributed by atoms with Crippen LogP contribution in [0.15, 0.2) is 42.7 Å². The predicted molar refractivity (Wildman–Crippen MR) is 105 cm³/mol. The average molecular weight is 380 g/mol. The lowest BCUT2D eigenvalue weighted by molar-refractivity contribution is 0.381. The number of aromatic nitrogens is 4. The van der Waals surface area contributed by atoms with E-state index in [2.05, 4.69) is 37.2 Å². The maximum absolute atomic E-state index is 6.22. The van der Waals surface area contributed by atoms with E-state index < -0.39 is 0 Å². The number of nitrogens with zero attached hydrogens (tertiary/aromatic N) is 4. The third-order valence-electron chi connectivity index (χ3n) is 5.88. The van der Waals surface area contributed by atoms with Crippen LogP contribution in [-0.2, 0) is 13.1 Å². The molecule has 1 fully saturated rings. The topological polar surface area (TPSA) is 55.6 Å². The third kappa shape index (κ3) is 3.15. The second-order valence-electron chi connectivity index (χ2n) is 7.52. The Balaban J connectivity index is 1.44. The molecule has 27 heavy (non-hydrogen) atoms. The van der Waals surface area contributed by atoms with Gasteiger partial charge in [-0.1, -0.05) is 17.7 Å². The molecule has 1 aromatic carbocycles. The Labute approximate surface area is 163 Å². The summed E-state index contributed by atoms with van der Waals surface area (Å²) in [6.07, 6.45) is 8.47. The number of pyridine rings is 1. The molecule has 5 nitrogen and oxygen atoms in total. The van der Waals surface area contributed by atoms with E-state index in [4.69, 9.17) is 11.6 Å². The molecule has 0 amide bonds. The van der Waals surface area contributed by atoms with Crippen molar-refractivity contribution in [1.29, 1.82) is 0 Å². The first-order valence-corrected chi connectivity index (χ1v) is 10.0. The minimum atomic E-state index is 0.445. The van der Waals surface area contributed by atoms with Gasteiger partial charge in [-0.3, -0.25) is 9.55 Å². The quantitative estimate of drug-likeness (QED) is 0.718. The highest BCUT2D eigenvalue weighted by Gasteiger charge is 2.29. The molecule has 138 valence electrons. The number of halogens is 1. The van der Waals surface area contributed by atoms with Crippen LogP contribution in [0.25, 0.3) is 5.69 Å². The minimum Gasteiger partial charge on any atom is -0.306 e. The highest BCUT2D eigenvalue weighted by Crippen LogP contribution is 2.40. The van der Waals surface area contributed by atoms with Crippen molar-refractivity contribution in [3.8, 4) is 5.69 Å². The summed E-state index contributed by atoms with van der Waals surface area (Å²) in [6, 6.07) is 10.3. The van der Waals surface area contributed by atoms with Crippen molar-refractivity contribution in [2.75, 3.05) is 0 Å². The molecule has 3 aromatic rings. The molecule has 0 radical (unpaired) electrons. The van der Waals surface area contributed by atoms with Crippen LogP contribution in [-0.4, -0.2) is 19.7 Å². The first-order chi connectivity index (χ1) is 13.3. The van der Waals surface area contributed by atoms with E-state index in [0.717, 1.165) is 48.3 Å². The fourth-order valence-electron chi connectivity index (χ4n) is 4.50. The summed E-state index contributed by atoms with van der Waals surface area (Å²) in [4.78, 5) is 4.28. The molecule has 0 unspecified atom stereocenters. The molecule has 0 bridgehead atoms. The summed E-state index contributed by atoms with van der Waals surface area (Å²) in [5.41, 5.74) is 3.72. The van der Waals surface area contributed by atoms with E-state index in [9.17, 15) is 0 Å². The number of nitrogens with one attached hydrogen (secondary N) is 1. The van der Waals surface area contributed by atoms with E-state index >= 15 is 0 Å². The number of benzene rings is 1. The van der Waals surface area contributed by atoms with Crippen molar-refractivity contribution >= 4 is 11.6 Å². The normalized spacial score (nSPS) is 22.0. The fraction of sp³-hybridized carbons (Fsp3) is 0.381. The van der Waals surface area contributed by atoms with Crippen LogP contribution in [0.2, 0.25) is 5.02 Å². The first kappa shape index (κ1) is 16.9. The highest BCUT2D eigenvalue weighted by atomic mass is 35.5. The Hall–Kier alpha value is -2.24. The van der Waals surface area contributed by atoms with Gasteiger partial charge in [-0.25, -0.2) is 0 Å². The second-order valence-corrected chi connectivity index (χ2v) is 7.96. The summed E-state index contributed by atoms with van der Waals surface area (Å²) < 4.78 is 2.26. The van der Waals surface area contributed by atoms with Gasteiger partial charge in [0.1, 0.15) is 5.82 Å². The van der Waals surface area contributed by atoms with Crippen LogP contribution in [0, 0.1) is 0 Å². The molecule has 0 spiro atoms. The van der Waals surface area contributed by atoms with Gasteiger partial charge in [0, 0.05) is 29.9 Å². The SMILES string of the molecule is Clc1ccc2c(c1)CNCc1nnc([C@H]3CC[C@H](c4cccnc4)CC3)n1-2. The summed E-state index contributed by atoms with van der Waals surface area (Å²) >= 11 is 6.22. The van der Waals surface area contributed by atoms with Gasteiger partial charge in [-0.2, -0.15) is 0 Å². The Morgan fingerprint density at radius 3 is 2.67 bits per heavy atom. The number of hydrogen-bond donors (Lipinski definition) is 1. The van der Waals surface area contributed by atoms with Gasteiger partial charge in [-0.15, -0.1) is 10.2 Å². The molecule has 5 rings (SSSR count). The van der Waals surface area contributed by atoms with E-state index in [1.165, 1.54) is 24.0 Å². The van der Waals surface area contributed by atoms with Gasteiger partial charge >= 0.3 is 0 Å². The monoisotopic (exact) mass is 379 g/mol. The van der Waals surface area contributed by atoms with Crippen molar-refractivity contribution in [2.24, 2.45) is 0 Å². The van der Waals surface area contributed by atoms with Crippen molar-refractivity contribution < 1.29 is 0 Å². The highest BCUT2D eigenvalue weighted by molar-refractivity contribution is 6.30. The molecule has 1 aliphatic heterocycles. The lowest BCUT2D eigenvalue weighted by Gasteiger charge is -2.28. The summed E-state index contributed by atoms with van der Waals surface area (Å²) in [6.45, 7) is 1.52. The second kappa shape index (κ2) is 7.06. The lowest BCUT2D eigenvalue weighted by Crippen LogP contribution is -2.17. The van der Waals surface area contributed by atoms with Gasteiger partial charge < -0.3 is 5.32 Å². The van der Waals surface area contributed by atoms with E-state index in [0.29, 0.717) is 11.8 Å². The summed E-state index contributed by atoms with van der Waals surface area (Å²) in [5, 5.41) is 13.3. The maximum atomic E-state index is 6.22. The van der Waals surface area contributed by atoms with Crippen molar-refractivity contribution in [2.45, 2.75) is 50.6 Å². The van der Waals surface area contributed by atoms with E-state index in [-0.39, 0.29) is 0 Å². The van der Waals surface area contributed by atoms with Gasteiger partial charge in [0.15, 0.2) is 5.82 Å². The zero-order chi connectivity index (χ0) is 18.2. The Bertz CT molecular complexity index is 944. The molecular weight excluding hydrogens is 358 g/mol. The minimum absolute atomic E-state index is 0.445. The van der Waals surface area contributed by atoms with E-state index in [1.54, 1.807) is 0 Å². The Morgan fingerprint density at radius 1 is 1.00 bits per heavy atom. The number of hydrogen-bond acceptors (Lipinski definition) is 4. The van der Waals surface area contributed by atoms with Gasteiger partial charge in [0.2, 0.25) is 0 Å². The van der Waals surface area contributed by atoms with E-state index in [1.807, 2.05) is 30.6 Å². The first-order valence-electron chi connectivity index (χ1n) is 9.63. The molecular formula is C21H22ClN5. The lowest BCUT2D eigenvalue weighted by atomic mass is 9.79. The molecule has 0 saturated heterocycles. The van der Waals surface area contributed by atoms with Crippen molar-refractivity contribution in [3.63, 3.8) is 0 Å². The molecule has 6 heteroatoms. The standard InChI is InChI=1S/C21H22ClN5/c22-18-7-8-19-17(10-18)12-24-13-20-25-26-21(27(19)20)15-5-3-14(4-6-15)16-2-1-9-23-11-16/h1-2,7-11,14-15,24H,3-6,12-13H2/t14-,15-. The Morgan fingerprint density at radius 2 is 1.85 bits per heavy atom. The predicted octanol–water partition coefficient (Wildman–Crippen LogP) is 4.36. The smallest absolute Gasteiger partial charge is 0.151 e. The van der Waals surface area contributed by atoms with Crippen LogP contribution in [0.5, 0.6) is 0 Å². The molecule has 2 aromatic heterocycles. The van der Waals surface area contributed by atoms with Crippen molar-refractivity contribution in [3.05, 3.63) is 70.5 Å². The summed E-state index contributed by atoms with van der Waals surface area (Å²) in [7, 11) is 0. The van der Waals surface area contributed by atoms with Crippen LogP contribution in [0.1, 0.15) is 60.3 Å². The number of rotatable bonds is 2. The van der Waals surface area contributed by atoms with Gasteiger partial charge in [0.05, 0.1) is 12.2 Å². The van der Waals surface area contributed by atoms with Crippen LogP contribution in [0.3, 0.4) is 0 Å². The molecule has 0 atom stereocenters. The molecule has 1 aliphatic carbocycles. The van der Waals surface area contributed by atoms with Crippen molar-refractivity contribution in [1.82, 2.24) is 25.1 Å². The summed E-state index contributed by atoms with van der Waals surface area (Å²) in [5.74, 6) is 3.14. The van der Waals surface area contributed by atoms with Crippen LogP contribution in [0.4, 0.5) is 0 Å². The molecule has 2 aliphatic rings. The van der Waals surface area contributed by atoms with Gasteiger partial charge in [-0.05, 0) is 67.0 Å². The zero-order valence-electron chi connectivity index (χ0n) is 15.1. The largest absolute Gasteiger partial charge is 0.306 e. The number of fused-ring (bicyclic) bond motifs is 3. The fourth-order valence-corrected chi connectivity index (χ4v) is 4.69. The Kier molecular flexibility index (Phi) is 4.42. The average Bonchev–Trinajstić information content (AvgIpc) is 3.04. The zero-order valence-corrected chi connectivity index (χ0v) is 15.9. The van der Waals surface area contributed by atoms with Gasteiger partial charge in [0.25, 0.3) is 0 Å². The van der Waals surface area contributed by atoms with Crippen LogP contribution >= 0.6 is 11.6 Å².